The van der Waals surface area contributed by atoms with Crippen LogP contribution in [0.4, 0.5) is 23.2 Å². The molecular formula is C10H7F4N4O. The molecular weight excluding hydrogens is 268 g/mol. The standard InChI is InChI=1S/C10H7F4N4O/c1-2-3-16-10(19)4-5(11)7(13)9(17-18-15)8(14)6(4)12/h3H,2H2,1H3,(H,16,19). The number of hydrogen-bond donors (Lipinski definition) is 1. The van der Waals surface area contributed by atoms with Crippen LogP contribution in [0.25, 0.3) is 10.4 Å². The number of nitrogens with one attached hydrogen (secondary N) is 1. The van der Waals surface area contributed by atoms with Gasteiger partial charge in [0.25, 0.3) is 5.91 Å². The summed E-state index contributed by atoms with van der Waals surface area (Å²) in [6.45, 7) is 2.78. The van der Waals surface area contributed by atoms with E-state index in [2.05, 4.69) is 5.11 Å². The van der Waals surface area contributed by atoms with Crippen molar-refractivity contribution in [2.75, 3.05) is 0 Å². The molecule has 1 rings (SSSR count). The molecule has 1 amide bonds. The van der Waals surface area contributed by atoms with Gasteiger partial charge in [-0.05, 0) is 12.0 Å². The van der Waals surface area contributed by atoms with Crippen molar-refractivity contribution >= 4 is 11.6 Å². The lowest BCUT2D eigenvalue weighted by molar-refractivity contribution is 0.0952. The van der Waals surface area contributed by atoms with E-state index in [1.54, 1.807) is 6.92 Å². The Morgan fingerprint density at radius 1 is 1.26 bits per heavy atom. The Kier molecular flexibility index (Phi) is 4.71. The van der Waals surface area contributed by atoms with Gasteiger partial charge in [0.1, 0.15) is 11.3 Å². The van der Waals surface area contributed by atoms with Gasteiger partial charge in [-0.2, -0.15) is 0 Å². The molecule has 1 N–H and O–H groups in total. The number of hydrogen-bond acceptors (Lipinski definition) is 2. The Bertz CT molecular complexity index is 540. The van der Waals surface area contributed by atoms with Crippen LogP contribution in [0.5, 0.6) is 0 Å². The lowest BCUT2D eigenvalue weighted by atomic mass is 10.1. The van der Waals surface area contributed by atoms with Gasteiger partial charge in [-0.3, -0.25) is 4.79 Å². The van der Waals surface area contributed by atoms with Crippen LogP contribution in [-0.2, 0) is 0 Å². The molecule has 0 aromatic heterocycles. The number of azide groups is 1. The van der Waals surface area contributed by atoms with Gasteiger partial charge in [0.2, 0.25) is 0 Å². The highest BCUT2D eigenvalue weighted by atomic mass is 19.2. The highest BCUT2D eigenvalue weighted by Crippen LogP contribution is 2.30. The van der Waals surface area contributed by atoms with Crippen LogP contribution in [0.2, 0.25) is 0 Å². The first kappa shape index (κ1) is 14.8. The molecule has 1 radical (unpaired) electrons. The molecule has 101 valence electrons. The molecule has 0 atom stereocenters. The number of halogens is 4. The van der Waals surface area contributed by atoms with E-state index in [-0.39, 0.29) is 0 Å². The maximum absolute atomic E-state index is 13.5. The topological polar surface area (TPSA) is 77.9 Å². The zero-order chi connectivity index (χ0) is 14.6. The second-order valence-corrected chi connectivity index (χ2v) is 3.25. The third-order valence-electron chi connectivity index (χ3n) is 2.05. The van der Waals surface area contributed by atoms with Gasteiger partial charge in [0.05, 0.1) is 0 Å². The van der Waals surface area contributed by atoms with E-state index in [0.29, 0.717) is 6.42 Å². The lowest BCUT2D eigenvalue weighted by Crippen LogP contribution is -2.24. The number of carbonyl (C=O) groups is 1. The average molecular weight is 275 g/mol. The molecule has 1 aromatic carbocycles. The third kappa shape index (κ3) is 2.76. The molecule has 0 unspecified atom stereocenters. The molecule has 0 aliphatic rings. The average Bonchev–Trinajstić information content (AvgIpc) is 2.39. The van der Waals surface area contributed by atoms with Crippen molar-refractivity contribution in [3.05, 3.63) is 45.8 Å². The minimum atomic E-state index is -1.93. The van der Waals surface area contributed by atoms with E-state index < -0.39 is 40.4 Å². The molecule has 0 spiro atoms. The second-order valence-electron chi connectivity index (χ2n) is 3.25. The number of amides is 1. The van der Waals surface area contributed by atoms with Crippen LogP contribution >= 0.6 is 0 Å². The summed E-state index contributed by atoms with van der Waals surface area (Å²) in [7, 11) is 0. The van der Waals surface area contributed by atoms with Crippen molar-refractivity contribution in [1.82, 2.24) is 5.32 Å². The number of benzene rings is 1. The van der Waals surface area contributed by atoms with Crippen molar-refractivity contribution in [2.45, 2.75) is 13.3 Å². The molecule has 0 saturated carbocycles. The molecule has 0 bridgehead atoms. The van der Waals surface area contributed by atoms with Gasteiger partial charge >= 0.3 is 0 Å². The normalized spacial score (nSPS) is 9.95. The van der Waals surface area contributed by atoms with E-state index >= 15 is 0 Å². The van der Waals surface area contributed by atoms with Crippen molar-refractivity contribution in [3.63, 3.8) is 0 Å². The molecule has 5 nitrogen and oxygen atoms in total. The summed E-state index contributed by atoms with van der Waals surface area (Å²) in [4.78, 5) is 13.4. The van der Waals surface area contributed by atoms with Gasteiger partial charge in [-0.15, -0.1) is 0 Å². The largest absolute Gasteiger partial charge is 0.347 e. The Morgan fingerprint density at radius 3 is 2.21 bits per heavy atom. The minimum Gasteiger partial charge on any atom is -0.347 e. The van der Waals surface area contributed by atoms with Gasteiger partial charge in [-0.25, -0.2) is 17.6 Å². The fraction of sp³-hybridized carbons (Fsp3) is 0.200. The summed E-state index contributed by atoms with van der Waals surface area (Å²) < 4.78 is 53.6. The second kappa shape index (κ2) is 6.05. The van der Waals surface area contributed by atoms with E-state index in [4.69, 9.17) is 5.53 Å². The predicted molar refractivity (Wildman–Crippen MR) is 57.1 cm³/mol. The van der Waals surface area contributed by atoms with Crippen LogP contribution in [0.15, 0.2) is 5.11 Å². The zero-order valence-corrected chi connectivity index (χ0v) is 9.55. The zero-order valence-electron chi connectivity index (χ0n) is 9.55. The Hall–Kier alpha value is -2.28. The van der Waals surface area contributed by atoms with Crippen molar-refractivity contribution in [2.24, 2.45) is 5.11 Å². The summed E-state index contributed by atoms with van der Waals surface area (Å²) >= 11 is 0. The molecule has 0 aliphatic heterocycles. The molecule has 9 heteroatoms. The molecule has 0 aliphatic carbocycles. The number of rotatable bonds is 4. The van der Waals surface area contributed by atoms with Gasteiger partial charge in [-0.1, -0.05) is 12.0 Å². The SMILES string of the molecule is CC[CH]NC(=O)c1c(F)c(F)c(N=[N+]=[N-])c(F)c1F. The lowest BCUT2D eigenvalue weighted by Gasteiger charge is -2.09. The first-order valence-corrected chi connectivity index (χ1v) is 4.99. The van der Waals surface area contributed by atoms with E-state index in [0.717, 1.165) is 6.54 Å². The number of carbonyl (C=O) groups excluding carboxylic acids is 1. The molecule has 1 aromatic rings. The van der Waals surface area contributed by atoms with Crippen LogP contribution in [0.3, 0.4) is 0 Å². The van der Waals surface area contributed by atoms with Gasteiger partial charge in [0, 0.05) is 11.5 Å². The Morgan fingerprint density at radius 2 is 1.79 bits per heavy atom. The summed E-state index contributed by atoms with van der Waals surface area (Å²) in [6.07, 6.45) is 0.344. The number of nitrogens with zero attached hydrogens (tertiary/aromatic N) is 3. The Balaban J connectivity index is 3.43. The first-order chi connectivity index (χ1) is 8.95. The maximum atomic E-state index is 13.5. The van der Waals surface area contributed by atoms with E-state index in [1.807, 2.05) is 10.2 Å². The smallest absolute Gasteiger partial charge is 0.257 e. The highest BCUT2D eigenvalue weighted by molar-refractivity contribution is 5.95. The van der Waals surface area contributed by atoms with Gasteiger partial charge < -0.3 is 5.32 Å². The van der Waals surface area contributed by atoms with Crippen LogP contribution < -0.4 is 5.32 Å². The molecule has 0 heterocycles. The van der Waals surface area contributed by atoms with Crippen molar-refractivity contribution in [1.29, 1.82) is 0 Å². The van der Waals surface area contributed by atoms with Crippen molar-refractivity contribution < 1.29 is 22.4 Å². The first-order valence-electron chi connectivity index (χ1n) is 4.99. The summed E-state index contributed by atoms with van der Waals surface area (Å²) in [5.74, 6) is -9.06. The van der Waals surface area contributed by atoms with E-state index in [1.165, 1.54) is 0 Å². The molecule has 19 heavy (non-hydrogen) atoms. The third-order valence-corrected chi connectivity index (χ3v) is 2.05. The fourth-order valence-electron chi connectivity index (χ4n) is 1.22. The summed E-state index contributed by atoms with van der Waals surface area (Å²) in [5, 5.41) is 4.46. The van der Waals surface area contributed by atoms with Crippen LogP contribution in [0, 0.1) is 29.8 Å². The summed E-state index contributed by atoms with van der Waals surface area (Å²) in [5.41, 5.74) is 5.16. The molecule has 0 fully saturated rings. The highest BCUT2D eigenvalue weighted by Gasteiger charge is 2.28. The predicted octanol–water partition coefficient (Wildman–Crippen LogP) is 3.49. The van der Waals surface area contributed by atoms with Crippen LogP contribution in [-0.4, -0.2) is 5.91 Å². The van der Waals surface area contributed by atoms with E-state index in [9.17, 15) is 22.4 Å². The minimum absolute atomic E-state index is 0.344. The van der Waals surface area contributed by atoms with Gasteiger partial charge in [0.15, 0.2) is 23.3 Å². The molecule has 0 saturated heterocycles. The van der Waals surface area contributed by atoms with Crippen molar-refractivity contribution in [3.8, 4) is 0 Å². The van der Waals surface area contributed by atoms with Crippen LogP contribution in [0.1, 0.15) is 23.7 Å². The maximum Gasteiger partial charge on any atom is 0.257 e. The Labute approximate surface area is 104 Å². The fourth-order valence-corrected chi connectivity index (χ4v) is 1.22. The summed E-state index contributed by atoms with van der Waals surface area (Å²) in [6, 6.07) is 0. The monoisotopic (exact) mass is 275 g/mol. The quantitative estimate of drug-likeness (QED) is 0.295.